The van der Waals surface area contributed by atoms with E-state index in [1.54, 1.807) is 0 Å². The fourth-order valence-corrected chi connectivity index (χ4v) is 2.89. The Hall–Kier alpha value is -2.13. The van der Waals surface area contributed by atoms with E-state index < -0.39 is 5.97 Å². The first-order chi connectivity index (χ1) is 10.2. The first kappa shape index (κ1) is 13.8. The van der Waals surface area contributed by atoms with Crippen molar-refractivity contribution in [3.05, 3.63) is 70.8 Å². The Balaban J connectivity index is 1.47. The summed E-state index contributed by atoms with van der Waals surface area (Å²) >= 11 is 0. The summed E-state index contributed by atoms with van der Waals surface area (Å²) in [5, 5.41) is 12.2. The minimum Gasteiger partial charge on any atom is -0.481 e. The molecule has 0 amide bonds. The zero-order valence-corrected chi connectivity index (χ0v) is 11.9. The molecule has 2 aromatic carbocycles. The van der Waals surface area contributed by atoms with Crippen molar-refractivity contribution in [2.45, 2.75) is 25.3 Å². The number of fused-ring (bicyclic) bond motifs is 1. The maximum Gasteiger partial charge on any atom is 0.307 e. The van der Waals surface area contributed by atoms with Gasteiger partial charge in [-0.2, -0.15) is 0 Å². The first-order valence-electron chi connectivity index (χ1n) is 7.30. The Kier molecular flexibility index (Phi) is 4.02. The molecule has 1 aliphatic rings. The van der Waals surface area contributed by atoms with E-state index in [2.05, 4.69) is 29.6 Å². The average Bonchev–Trinajstić information content (AvgIpc) is 2.45. The Labute approximate surface area is 124 Å². The number of benzene rings is 2. The molecule has 3 rings (SSSR count). The van der Waals surface area contributed by atoms with Crippen molar-refractivity contribution in [1.29, 1.82) is 0 Å². The largest absolute Gasteiger partial charge is 0.481 e. The van der Waals surface area contributed by atoms with Crippen molar-refractivity contribution in [3.63, 3.8) is 0 Å². The van der Waals surface area contributed by atoms with Gasteiger partial charge in [-0.1, -0.05) is 48.5 Å². The maximum absolute atomic E-state index is 10.6. The summed E-state index contributed by atoms with van der Waals surface area (Å²) in [4.78, 5) is 10.6. The Morgan fingerprint density at radius 3 is 2.52 bits per heavy atom. The molecule has 3 heteroatoms. The van der Waals surface area contributed by atoms with Crippen LogP contribution in [0.15, 0.2) is 48.5 Å². The summed E-state index contributed by atoms with van der Waals surface area (Å²) in [6.45, 7) is 1.82. The Morgan fingerprint density at radius 1 is 1.10 bits per heavy atom. The molecule has 2 aromatic rings. The number of carboxylic acids is 1. The predicted octanol–water partition coefficient (Wildman–Crippen LogP) is 2.74. The monoisotopic (exact) mass is 281 g/mol. The van der Waals surface area contributed by atoms with E-state index in [-0.39, 0.29) is 6.42 Å². The zero-order valence-electron chi connectivity index (χ0n) is 11.9. The predicted molar refractivity (Wildman–Crippen MR) is 82.4 cm³/mol. The Morgan fingerprint density at radius 2 is 1.81 bits per heavy atom. The molecule has 0 fully saturated rings. The van der Waals surface area contributed by atoms with Crippen LogP contribution in [-0.4, -0.2) is 17.6 Å². The molecule has 1 aliphatic carbocycles. The van der Waals surface area contributed by atoms with Gasteiger partial charge in [-0.25, -0.2) is 0 Å². The van der Waals surface area contributed by atoms with E-state index in [1.807, 2.05) is 24.3 Å². The van der Waals surface area contributed by atoms with Crippen LogP contribution in [0, 0.1) is 0 Å². The number of hydrogen-bond acceptors (Lipinski definition) is 2. The lowest BCUT2D eigenvalue weighted by atomic mass is 9.77. The summed E-state index contributed by atoms with van der Waals surface area (Å²) in [6, 6.07) is 16.4. The van der Waals surface area contributed by atoms with Gasteiger partial charge in [0.05, 0.1) is 6.42 Å². The highest BCUT2D eigenvalue weighted by atomic mass is 16.4. The second kappa shape index (κ2) is 6.10. The third-order valence-electron chi connectivity index (χ3n) is 4.06. The van der Waals surface area contributed by atoms with E-state index in [0.717, 1.165) is 18.7 Å². The maximum atomic E-state index is 10.6. The van der Waals surface area contributed by atoms with Crippen LogP contribution in [0.5, 0.6) is 0 Å². The molecule has 0 heterocycles. The van der Waals surface area contributed by atoms with Gasteiger partial charge in [-0.3, -0.25) is 4.79 Å². The quantitative estimate of drug-likeness (QED) is 0.856. The normalized spacial score (nSPS) is 16.1. The van der Waals surface area contributed by atoms with Crippen LogP contribution in [0.3, 0.4) is 0 Å². The van der Waals surface area contributed by atoms with E-state index in [0.29, 0.717) is 5.92 Å². The van der Waals surface area contributed by atoms with E-state index in [1.165, 1.54) is 23.1 Å². The second-order valence-electron chi connectivity index (χ2n) is 5.62. The van der Waals surface area contributed by atoms with E-state index in [4.69, 9.17) is 5.11 Å². The van der Waals surface area contributed by atoms with Gasteiger partial charge in [0.15, 0.2) is 0 Å². The van der Waals surface area contributed by atoms with Crippen molar-refractivity contribution in [1.82, 2.24) is 5.32 Å². The second-order valence-corrected chi connectivity index (χ2v) is 5.62. The lowest BCUT2D eigenvalue weighted by molar-refractivity contribution is -0.136. The van der Waals surface area contributed by atoms with Crippen molar-refractivity contribution >= 4 is 5.97 Å². The number of carbonyl (C=O) groups is 1. The van der Waals surface area contributed by atoms with Crippen molar-refractivity contribution in [2.24, 2.45) is 0 Å². The molecule has 1 atom stereocenters. The molecular weight excluding hydrogens is 262 g/mol. The zero-order chi connectivity index (χ0) is 14.7. The number of nitrogens with one attached hydrogen (secondary N) is 1. The molecule has 2 N–H and O–H groups in total. The summed E-state index contributed by atoms with van der Waals surface area (Å²) in [7, 11) is 0. The van der Waals surface area contributed by atoms with Crippen LogP contribution in [0.1, 0.15) is 28.2 Å². The third-order valence-corrected chi connectivity index (χ3v) is 4.06. The SMILES string of the molecule is O=C(O)Cc1ccc(CNCC2Cc3ccccc32)cc1. The van der Waals surface area contributed by atoms with Gasteiger partial charge >= 0.3 is 5.97 Å². The molecular formula is C18H19NO2. The third kappa shape index (κ3) is 3.31. The number of rotatable bonds is 6. The first-order valence-corrected chi connectivity index (χ1v) is 7.30. The van der Waals surface area contributed by atoms with Crippen LogP contribution in [-0.2, 0) is 24.2 Å². The molecule has 3 nitrogen and oxygen atoms in total. The Bertz CT molecular complexity index is 634. The number of aliphatic carboxylic acids is 1. The summed E-state index contributed by atoms with van der Waals surface area (Å²) in [5.41, 5.74) is 4.99. The molecule has 0 saturated carbocycles. The van der Waals surface area contributed by atoms with Gasteiger partial charge in [-0.05, 0) is 28.7 Å². The topological polar surface area (TPSA) is 49.3 Å². The van der Waals surface area contributed by atoms with E-state index in [9.17, 15) is 4.79 Å². The van der Waals surface area contributed by atoms with Gasteiger partial charge in [-0.15, -0.1) is 0 Å². The van der Waals surface area contributed by atoms with Crippen molar-refractivity contribution in [2.75, 3.05) is 6.54 Å². The van der Waals surface area contributed by atoms with Crippen LogP contribution < -0.4 is 5.32 Å². The molecule has 0 saturated heterocycles. The fourth-order valence-electron chi connectivity index (χ4n) is 2.89. The number of carboxylic acid groups (broad SMARTS) is 1. The highest BCUT2D eigenvalue weighted by Gasteiger charge is 2.24. The standard InChI is InChI=1S/C18H19NO2/c20-18(21)9-13-5-7-14(8-6-13)11-19-12-16-10-15-3-1-2-4-17(15)16/h1-8,16,19H,9-12H2,(H,20,21). The highest BCUT2D eigenvalue weighted by Crippen LogP contribution is 2.33. The summed E-state index contributed by atoms with van der Waals surface area (Å²) < 4.78 is 0. The number of hydrogen-bond donors (Lipinski definition) is 2. The molecule has 0 spiro atoms. The minimum atomic E-state index is -0.787. The molecule has 0 aliphatic heterocycles. The van der Waals surface area contributed by atoms with Crippen molar-refractivity contribution < 1.29 is 9.90 Å². The summed E-state index contributed by atoms with van der Waals surface area (Å²) in [6.07, 6.45) is 1.26. The van der Waals surface area contributed by atoms with Crippen LogP contribution in [0.4, 0.5) is 0 Å². The molecule has 0 aromatic heterocycles. The highest BCUT2D eigenvalue weighted by molar-refractivity contribution is 5.70. The lowest BCUT2D eigenvalue weighted by Crippen LogP contribution is -2.28. The molecule has 108 valence electrons. The van der Waals surface area contributed by atoms with Gasteiger partial charge in [0, 0.05) is 19.0 Å². The smallest absolute Gasteiger partial charge is 0.307 e. The van der Waals surface area contributed by atoms with Gasteiger partial charge in [0.2, 0.25) is 0 Å². The average molecular weight is 281 g/mol. The molecule has 0 bridgehead atoms. The van der Waals surface area contributed by atoms with E-state index >= 15 is 0 Å². The molecule has 1 unspecified atom stereocenters. The van der Waals surface area contributed by atoms with Crippen LogP contribution in [0.2, 0.25) is 0 Å². The van der Waals surface area contributed by atoms with Crippen LogP contribution >= 0.6 is 0 Å². The van der Waals surface area contributed by atoms with Crippen LogP contribution in [0.25, 0.3) is 0 Å². The lowest BCUT2D eigenvalue weighted by Gasteiger charge is -2.30. The van der Waals surface area contributed by atoms with Gasteiger partial charge < -0.3 is 10.4 Å². The molecule has 21 heavy (non-hydrogen) atoms. The van der Waals surface area contributed by atoms with Gasteiger partial charge in [0.1, 0.15) is 0 Å². The van der Waals surface area contributed by atoms with Crippen molar-refractivity contribution in [3.8, 4) is 0 Å². The van der Waals surface area contributed by atoms with Gasteiger partial charge in [0.25, 0.3) is 0 Å². The molecule has 0 radical (unpaired) electrons. The summed E-state index contributed by atoms with van der Waals surface area (Å²) in [5.74, 6) is -0.156. The minimum absolute atomic E-state index is 0.0898. The fraction of sp³-hybridized carbons (Fsp3) is 0.278.